The third-order valence-electron chi connectivity index (χ3n) is 4.11. The smallest absolute Gasteiger partial charge is 0.203 e. The van der Waals surface area contributed by atoms with Gasteiger partial charge < -0.3 is 15.5 Å². The number of aromatic nitrogens is 4. The predicted octanol–water partition coefficient (Wildman–Crippen LogP) is 2.50. The fraction of sp³-hybridized carbons (Fsp3) is 0.190. The highest BCUT2D eigenvalue weighted by atomic mass is 19.1. The minimum atomic E-state index is -0.466. The van der Waals surface area contributed by atoms with E-state index in [0.717, 1.165) is 6.21 Å². The number of rotatable bonds is 8. The van der Waals surface area contributed by atoms with E-state index in [0.29, 0.717) is 35.0 Å². The zero-order valence-corrected chi connectivity index (χ0v) is 16.6. The van der Waals surface area contributed by atoms with Crippen molar-refractivity contribution in [1.82, 2.24) is 25.1 Å². The molecule has 2 aromatic heterocycles. The number of allylic oxidation sites excluding steroid dienone is 1. The summed E-state index contributed by atoms with van der Waals surface area (Å²) in [5.41, 5.74) is 1.44. The molecule has 0 aliphatic heterocycles. The van der Waals surface area contributed by atoms with E-state index in [4.69, 9.17) is 10.1 Å². The van der Waals surface area contributed by atoms with Gasteiger partial charge in [-0.1, -0.05) is 0 Å². The summed E-state index contributed by atoms with van der Waals surface area (Å²) in [5, 5.41) is 14.6. The van der Waals surface area contributed by atoms with Crippen LogP contribution < -0.4 is 15.5 Å². The van der Waals surface area contributed by atoms with Gasteiger partial charge in [0.05, 0.1) is 24.7 Å². The molecule has 0 aliphatic rings. The van der Waals surface area contributed by atoms with Gasteiger partial charge >= 0.3 is 0 Å². The monoisotopic (exact) mass is 408 g/mol. The Labute approximate surface area is 172 Å². The lowest BCUT2D eigenvalue weighted by molar-refractivity contribution is 0.337. The molecule has 0 amide bonds. The first kappa shape index (κ1) is 20.8. The first-order valence-electron chi connectivity index (χ1n) is 9.26. The highest BCUT2D eigenvalue weighted by molar-refractivity contribution is 5.99. The maximum absolute atomic E-state index is 14.2. The number of nitrogens with zero attached hydrogens (tertiary/aromatic N) is 4. The zero-order chi connectivity index (χ0) is 21.5. The topological polar surface area (TPSA) is 106 Å². The van der Waals surface area contributed by atoms with Crippen LogP contribution in [0.3, 0.4) is 0 Å². The summed E-state index contributed by atoms with van der Waals surface area (Å²) >= 11 is 0. The number of ether oxygens (including phenoxy) is 1. The molecule has 2 N–H and O–H groups in total. The number of halogens is 1. The van der Waals surface area contributed by atoms with Crippen molar-refractivity contribution in [3.05, 3.63) is 76.4 Å². The van der Waals surface area contributed by atoms with Crippen molar-refractivity contribution in [2.45, 2.75) is 13.3 Å². The van der Waals surface area contributed by atoms with E-state index in [1.807, 2.05) is 6.92 Å². The van der Waals surface area contributed by atoms with E-state index in [-0.39, 0.29) is 17.5 Å². The van der Waals surface area contributed by atoms with Crippen LogP contribution in [0.15, 0.2) is 53.9 Å². The normalized spacial score (nSPS) is 11.2. The lowest BCUT2D eigenvalue weighted by atomic mass is 10.1. The summed E-state index contributed by atoms with van der Waals surface area (Å²) in [7, 11) is 1.70. The Morgan fingerprint density at radius 2 is 2.07 bits per heavy atom. The van der Waals surface area contributed by atoms with Crippen molar-refractivity contribution in [2.24, 2.45) is 0 Å². The number of hydrogen-bond donors (Lipinski definition) is 2. The summed E-state index contributed by atoms with van der Waals surface area (Å²) in [5.74, 6) is 0.413. The number of benzene rings is 1. The standard InChI is InChI=1S/C21H21FN6O2/c1-3-30-18-12-25-21(26-13-18)15-6-14(7-16(22)9-15)8-19-20(29)4-5-28(27-19)17(10-23)11-24-2/h4-7,9-13,23-24H,3,8H2,1-2H3/b17-11+,23-10?. The summed E-state index contributed by atoms with van der Waals surface area (Å²) in [6, 6.07) is 5.76. The fourth-order valence-corrected chi connectivity index (χ4v) is 2.82. The first-order valence-corrected chi connectivity index (χ1v) is 9.26. The molecular weight excluding hydrogens is 387 g/mol. The van der Waals surface area contributed by atoms with E-state index >= 15 is 0 Å². The van der Waals surface area contributed by atoms with Gasteiger partial charge in [-0.2, -0.15) is 5.10 Å². The molecule has 0 unspecified atom stereocenters. The van der Waals surface area contributed by atoms with Crippen molar-refractivity contribution >= 4 is 11.9 Å². The Balaban J connectivity index is 1.93. The van der Waals surface area contributed by atoms with Gasteiger partial charge in [-0.3, -0.25) is 4.79 Å². The Kier molecular flexibility index (Phi) is 6.63. The van der Waals surface area contributed by atoms with Crippen LogP contribution in [-0.4, -0.2) is 39.6 Å². The second kappa shape index (κ2) is 9.55. The molecule has 0 radical (unpaired) electrons. The molecule has 0 saturated heterocycles. The Morgan fingerprint density at radius 1 is 1.30 bits per heavy atom. The van der Waals surface area contributed by atoms with Crippen molar-refractivity contribution in [1.29, 1.82) is 5.41 Å². The molecule has 1 aromatic carbocycles. The molecule has 0 atom stereocenters. The second-order valence-electron chi connectivity index (χ2n) is 6.27. The van der Waals surface area contributed by atoms with Crippen LogP contribution >= 0.6 is 0 Å². The number of hydrogen-bond acceptors (Lipinski definition) is 7. The van der Waals surface area contributed by atoms with Crippen molar-refractivity contribution in [2.75, 3.05) is 13.7 Å². The minimum absolute atomic E-state index is 0.117. The van der Waals surface area contributed by atoms with Crippen LogP contribution in [-0.2, 0) is 6.42 Å². The fourth-order valence-electron chi connectivity index (χ4n) is 2.82. The van der Waals surface area contributed by atoms with E-state index in [9.17, 15) is 9.18 Å². The van der Waals surface area contributed by atoms with Gasteiger partial charge in [-0.25, -0.2) is 19.0 Å². The quantitative estimate of drug-likeness (QED) is 0.555. The summed E-state index contributed by atoms with van der Waals surface area (Å²) < 4.78 is 21.0. The predicted molar refractivity (Wildman–Crippen MR) is 112 cm³/mol. The molecular formula is C21H21FN6O2. The molecule has 0 bridgehead atoms. The van der Waals surface area contributed by atoms with E-state index in [1.54, 1.807) is 19.3 Å². The van der Waals surface area contributed by atoms with Gasteiger partial charge in [-0.05, 0) is 30.7 Å². The van der Waals surface area contributed by atoms with Crippen LogP contribution in [0.1, 0.15) is 18.2 Å². The van der Waals surface area contributed by atoms with Crippen LogP contribution in [0, 0.1) is 11.2 Å². The van der Waals surface area contributed by atoms with Gasteiger partial charge in [0.1, 0.15) is 11.5 Å². The minimum Gasteiger partial charge on any atom is -0.491 e. The van der Waals surface area contributed by atoms with Crippen molar-refractivity contribution in [3.8, 4) is 17.1 Å². The molecule has 0 spiro atoms. The third-order valence-corrected chi connectivity index (χ3v) is 4.11. The van der Waals surface area contributed by atoms with Crippen molar-refractivity contribution in [3.63, 3.8) is 0 Å². The van der Waals surface area contributed by atoms with Crippen LogP contribution in [0.2, 0.25) is 0 Å². The molecule has 30 heavy (non-hydrogen) atoms. The average Bonchev–Trinajstić information content (AvgIpc) is 2.74. The lowest BCUT2D eigenvalue weighted by Gasteiger charge is -2.09. The third kappa shape index (κ3) is 4.93. The highest BCUT2D eigenvalue weighted by Gasteiger charge is 2.11. The van der Waals surface area contributed by atoms with E-state index < -0.39 is 5.82 Å². The molecule has 0 saturated carbocycles. The van der Waals surface area contributed by atoms with E-state index in [2.05, 4.69) is 20.4 Å². The molecule has 3 rings (SSSR count). The SMILES string of the molecule is CCOc1cnc(-c2cc(F)cc(Cc3nn(/C(C=N)=C/NC)ccc3=O)c2)nc1. The average molecular weight is 408 g/mol. The maximum atomic E-state index is 14.2. The molecule has 0 aliphatic carbocycles. The zero-order valence-electron chi connectivity index (χ0n) is 16.6. The molecule has 0 fully saturated rings. The van der Waals surface area contributed by atoms with Crippen LogP contribution in [0.4, 0.5) is 4.39 Å². The van der Waals surface area contributed by atoms with Gasteiger partial charge in [0, 0.05) is 43.7 Å². The van der Waals surface area contributed by atoms with Crippen LogP contribution in [0.5, 0.6) is 5.75 Å². The van der Waals surface area contributed by atoms with Gasteiger partial charge in [0.2, 0.25) is 5.43 Å². The molecule has 154 valence electrons. The maximum Gasteiger partial charge on any atom is 0.203 e. The summed E-state index contributed by atoms with van der Waals surface area (Å²) in [6.07, 6.45) is 7.35. The molecule has 9 heteroatoms. The Morgan fingerprint density at radius 3 is 2.73 bits per heavy atom. The van der Waals surface area contributed by atoms with Crippen molar-refractivity contribution < 1.29 is 9.13 Å². The molecule has 2 heterocycles. The van der Waals surface area contributed by atoms with Gasteiger partial charge in [0.15, 0.2) is 11.6 Å². The highest BCUT2D eigenvalue weighted by Crippen LogP contribution is 2.21. The van der Waals surface area contributed by atoms with Crippen LogP contribution in [0.25, 0.3) is 17.1 Å². The Hall–Kier alpha value is -3.88. The van der Waals surface area contributed by atoms with Gasteiger partial charge in [0.25, 0.3) is 0 Å². The lowest BCUT2D eigenvalue weighted by Crippen LogP contribution is -2.18. The second-order valence-corrected chi connectivity index (χ2v) is 6.27. The largest absolute Gasteiger partial charge is 0.491 e. The summed E-state index contributed by atoms with van der Waals surface area (Å²) in [4.78, 5) is 20.7. The molecule has 8 nitrogen and oxygen atoms in total. The van der Waals surface area contributed by atoms with E-state index in [1.165, 1.54) is 41.5 Å². The number of nitrogens with one attached hydrogen (secondary N) is 2. The molecule has 3 aromatic rings. The van der Waals surface area contributed by atoms with Gasteiger partial charge in [-0.15, -0.1) is 0 Å². The Bertz CT molecular complexity index is 1130. The first-order chi connectivity index (χ1) is 14.5. The summed E-state index contributed by atoms with van der Waals surface area (Å²) in [6.45, 7) is 2.36.